The molecule has 0 amide bonds. The Labute approximate surface area is 122 Å². The third kappa shape index (κ3) is 3.40. The lowest BCUT2D eigenvalue weighted by Crippen LogP contribution is -2.13. The number of methoxy groups -OCH3 is 1. The average molecular weight is 296 g/mol. The minimum atomic E-state index is -0.933. The standard InChI is InChI=1S/C15H15ClFNO2/c1-20-15-8-10(6-7-12(15)16)18-9-14(19)11-4-2-3-5-13(11)17/h2-8,14,18-19H,9H2,1H3. The van der Waals surface area contributed by atoms with Crippen molar-refractivity contribution in [2.24, 2.45) is 0 Å². The van der Waals surface area contributed by atoms with Gasteiger partial charge in [-0.15, -0.1) is 0 Å². The fourth-order valence-electron chi connectivity index (χ4n) is 1.84. The van der Waals surface area contributed by atoms with E-state index in [1.165, 1.54) is 13.2 Å². The van der Waals surface area contributed by atoms with E-state index in [1.807, 2.05) is 0 Å². The summed E-state index contributed by atoms with van der Waals surface area (Å²) < 4.78 is 18.6. The molecule has 5 heteroatoms. The molecule has 0 saturated heterocycles. The quantitative estimate of drug-likeness (QED) is 0.885. The summed E-state index contributed by atoms with van der Waals surface area (Å²) in [4.78, 5) is 0. The Bertz CT molecular complexity index is 592. The van der Waals surface area contributed by atoms with Crippen molar-refractivity contribution in [2.75, 3.05) is 19.0 Å². The summed E-state index contributed by atoms with van der Waals surface area (Å²) in [5.41, 5.74) is 1.00. The molecule has 0 aliphatic heterocycles. The van der Waals surface area contributed by atoms with E-state index in [2.05, 4.69) is 5.32 Å². The molecule has 1 unspecified atom stereocenters. The molecule has 1 atom stereocenters. The summed E-state index contributed by atoms with van der Waals surface area (Å²) >= 11 is 5.92. The zero-order chi connectivity index (χ0) is 14.5. The maximum absolute atomic E-state index is 13.5. The zero-order valence-corrected chi connectivity index (χ0v) is 11.7. The van der Waals surface area contributed by atoms with Crippen LogP contribution in [-0.4, -0.2) is 18.8 Å². The minimum Gasteiger partial charge on any atom is -0.495 e. The van der Waals surface area contributed by atoms with Crippen LogP contribution in [0.4, 0.5) is 10.1 Å². The van der Waals surface area contributed by atoms with Crippen LogP contribution >= 0.6 is 11.6 Å². The average Bonchev–Trinajstić information content (AvgIpc) is 2.46. The molecular formula is C15H15ClFNO2. The number of benzene rings is 2. The van der Waals surface area contributed by atoms with Gasteiger partial charge in [-0.2, -0.15) is 0 Å². The Morgan fingerprint density at radius 1 is 1.30 bits per heavy atom. The Hall–Kier alpha value is -1.78. The monoisotopic (exact) mass is 295 g/mol. The second-order valence-corrected chi connectivity index (χ2v) is 4.67. The molecule has 106 valence electrons. The molecule has 2 N–H and O–H groups in total. The van der Waals surface area contributed by atoms with Crippen molar-refractivity contribution in [1.82, 2.24) is 0 Å². The number of aliphatic hydroxyl groups is 1. The molecular weight excluding hydrogens is 281 g/mol. The smallest absolute Gasteiger partial charge is 0.139 e. The molecule has 0 spiro atoms. The number of hydrogen-bond donors (Lipinski definition) is 2. The molecule has 0 aromatic heterocycles. The summed E-state index contributed by atoms with van der Waals surface area (Å²) in [5, 5.41) is 13.5. The van der Waals surface area contributed by atoms with E-state index in [0.29, 0.717) is 10.8 Å². The second kappa shape index (κ2) is 6.59. The molecule has 0 aliphatic carbocycles. The molecule has 20 heavy (non-hydrogen) atoms. The zero-order valence-electron chi connectivity index (χ0n) is 10.9. The van der Waals surface area contributed by atoms with Gasteiger partial charge < -0.3 is 15.2 Å². The first-order valence-electron chi connectivity index (χ1n) is 6.11. The normalized spacial score (nSPS) is 12.0. The summed E-state index contributed by atoms with van der Waals surface area (Å²) in [6.07, 6.45) is -0.933. The number of nitrogens with one attached hydrogen (secondary N) is 1. The van der Waals surface area contributed by atoms with Crippen LogP contribution in [-0.2, 0) is 0 Å². The highest BCUT2D eigenvalue weighted by Gasteiger charge is 2.12. The lowest BCUT2D eigenvalue weighted by atomic mass is 10.1. The molecule has 0 heterocycles. The minimum absolute atomic E-state index is 0.186. The van der Waals surface area contributed by atoms with Crippen LogP contribution in [0.15, 0.2) is 42.5 Å². The second-order valence-electron chi connectivity index (χ2n) is 4.27. The van der Waals surface area contributed by atoms with Gasteiger partial charge in [-0.3, -0.25) is 0 Å². The Kier molecular flexibility index (Phi) is 4.82. The van der Waals surface area contributed by atoms with Crippen molar-refractivity contribution in [3.8, 4) is 5.75 Å². The van der Waals surface area contributed by atoms with E-state index in [0.717, 1.165) is 5.69 Å². The Morgan fingerprint density at radius 2 is 2.05 bits per heavy atom. The molecule has 0 fully saturated rings. The predicted octanol–water partition coefficient (Wildman–Crippen LogP) is 3.63. The van der Waals surface area contributed by atoms with Crippen LogP contribution in [0.3, 0.4) is 0 Å². The van der Waals surface area contributed by atoms with Gasteiger partial charge >= 0.3 is 0 Å². The molecule has 0 radical (unpaired) electrons. The van der Waals surface area contributed by atoms with Crippen LogP contribution < -0.4 is 10.1 Å². The maximum atomic E-state index is 13.5. The van der Waals surface area contributed by atoms with Crippen molar-refractivity contribution in [3.63, 3.8) is 0 Å². The van der Waals surface area contributed by atoms with Gasteiger partial charge in [0.25, 0.3) is 0 Å². The Balaban J connectivity index is 2.03. The largest absolute Gasteiger partial charge is 0.495 e. The molecule has 2 aromatic carbocycles. The maximum Gasteiger partial charge on any atom is 0.139 e. The number of ether oxygens (including phenoxy) is 1. The first kappa shape index (κ1) is 14.6. The van der Waals surface area contributed by atoms with E-state index >= 15 is 0 Å². The van der Waals surface area contributed by atoms with Gasteiger partial charge in [0.05, 0.1) is 18.2 Å². The fourth-order valence-corrected chi connectivity index (χ4v) is 2.03. The van der Waals surface area contributed by atoms with Crippen LogP contribution in [0.25, 0.3) is 0 Å². The SMILES string of the molecule is COc1cc(NCC(O)c2ccccc2F)ccc1Cl. The van der Waals surface area contributed by atoms with Crippen LogP contribution in [0.2, 0.25) is 5.02 Å². The van der Waals surface area contributed by atoms with Crippen molar-refractivity contribution in [2.45, 2.75) is 6.10 Å². The lowest BCUT2D eigenvalue weighted by Gasteiger charge is -2.14. The molecule has 2 rings (SSSR count). The van der Waals surface area contributed by atoms with Gasteiger partial charge in [0.2, 0.25) is 0 Å². The van der Waals surface area contributed by atoms with Gasteiger partial charge in [0.1, 0.15) is 11.6 Å². The predicted molar refractivity (Wildman–Crippen MR) is 77.9 cm³/mol. The molecule has 0 aliphatic rings. The van der Waals surface area contributed by atoms with E-state index in [1.54, 1.807) is 36.4 Å². The Morgan fingerprint density at radius 3 is 2.75 bits per heavy atom. The third-order valence-electron chi connectivity index (χ3n) is 2.91. The van der Waals surface area contributed by atoms with Crippen molar-refractivity contribution in [1.29, 1.82) is 0 Å². The summed E-state index contributed by atoms with van der Waals surface area (Å²) in [6.45, 7) is 0.186. The first-order valence-corrected chi connectivity index (χ1v) is 6.49. The van der Waals surface area contributed by atoms with Crippen LogP contribution in [0, 0.1) is 5.82 Å². The highest BCUT2D eigenvalue weighted by atomic mass is 35.5. The van der Waals surface area contributed by atoms with Gasteiger partial charge in [-0.25, -0.2) is 4.39 Å². The van der Waals surface area contributed by atoms with Crippen LogP contribution in [0.1, 0.15) is 11.7 Å². The van der Waals surface area contributed by atoms with Gasteiger partial charge in [0.15, 0.2) is 0 Å². The fraction of sp³-hybridized carbons (Fsp3) is 0.200. The van der Waals surface area contributed by atoms with E-state index in [-0.39, 0.29) is 12.1 Å². The van der Waals surface area contributed by atoms with E-state index < -0.39 is 11.9 Å². The topological polar surface area (TPSA) is 41.5 Å². The van der Waals surface area contributed by atoms with Gasteiger partial charge in [0, 0.05) is 23.9 Å². The van der Waals surface area contributed by atoms with Crippen molar-refractivity contribution >= 4 is 17.3 Å². The van der Waals surface area contributed by atoms with Gasteiger partial charge in [-0.1, -0.05) is 29.8 Å². The van der Waals surface area contributed by atoms with Crippen molar-refractivity contribution in [3.05, 3.63) is 58.9 Å². The third-order valence-corrected chi connectivity index (χ3v) is 3.23. The molecule has 0 saturated carbocycles. The number of rotatable bonds is 5. The summed E-state index contributed by atoms with van der Waals surface area (Å²) in [7, 11) is 1.53. The highest BCUT2D eigenvalue weighted by Crippen LogP contribution is 2.27. The highest BCUT2D eigenvalue weighted by molar-refractivity contribution is 6.32. The summed E-state index contributed by atoms with van der Waals surface area (Å²) in [5.74, 6) is 0.118. The van der Waals surface area contributed by atoms with E-state index in [4.69, 9.17) is 16.3 Å². The van der Waals surface area contributed by atoms with E-state index in [9.17, 15) is 9.50 Å². The van der Waals surface area contributed by atoms with Gasteiger partial charge in [-0.05, 0) is 18.2 Å². The van der Waals surface area contributed by atoms with Crippen LogP contribution in [0.5, 0.6) is 5.75 Å². The summed E-state index contributed by atoms with van der Waals surface area (Å²) in [6, 6.07) is 11.3. The van der Waals surface area contributed by atoms with Crippen molar-refractivity contribution < 1.29 is 14.2 Å². The number of anilines is 1. The number of halogens is 2. The first-order chi connectivity index (χ1) is 9.61. The lowest BCUT2D eigenvalue weighted by molar-refractivity contribution is 0.186. The number of hydrogen-bond acceptors (Lipinski definition) is 3. The molecule has 0 bridgehead atoms. The molecule has 2 aromatic rings. The number of aliphatic hydroxyl groups excluding tert-OH is 1. The molecule has 3 nitrogen and oxygen atoms in total.